The van der Waals surface area contributed by atoms with Crippen LogP contribution in [0.4, 0.5) is 0 Å². The van der Waals surface area contributed by atoms with Gasteiger partial charge in [0.2, 0.25) is 11.8 Å². The Hall–Kier alpha value is -0.940. The molecule has 2 amide bonds. The van der Waals surface area contributed by atoms with Gasteiger partial charge in [-0.3, -0.25) is 14.9 Å². The number of rotatable bonds is 4. The molecule has 0 saturated carbocycles. The third kappa shape index (κ3) is 3.02. The van der Waals surface area contributed by atoms with E-state index >= 15 is 0 Å². The van der Waals surface area contributed by atoms with E-state index in [-0.39, 0.29) is 17.9 Å². The second-order valence-electron chi connectivity index (χ2n) is 4.38. The number of amides is 2. The van der Waals surface area contributed by atoms with Crippen LogP contribution in [0.5, 0.6) is 0 Å². The molecule has 0 aliphatic carbocycles. The zero-order valence-electron chi connectivity index (χ0n) is 9.33. The lowest BCUT2D eigenvalue weighted by atomic mass is 10.1. The lowest BCUT2D eigenvalue weighted by Crippen LogP contribution is -2.51. The summed E-state index contributed by atoms with van der Waals surface area (Å²) in [5.41, 5.74) is 0. The van der Waals surface area contributed by atoms with Crippen LogP contribution >= 0.6 is 0 Å². The topological polar surface area (TPSA) is 67.4 Å². The minimum Gasteiger partial charge on any atom is -0.378 e. The minimum atomic E-state index is -0.209. The summed E-state index contributed by atoms with van der Waals surface area (Å²) in [4.78, 5) is 22.3. The van der Waals surface area contributed by atoms with E-state index in [1.54, 1.807) is 0 Å². The average molecular weight is 226 g/mol. The summed E-state index contributed by atoms with van der Waals surface area (Å²) in [6.07, 6.45) is 4.60. The maximum Gasteiger partial charge on any atom is 0.243 e. The first-order chi connectivity index (χ1) is 7.75. The van der Waals surface area contributed by atoms with E-state index < -0.39 is 0 Å². The molecular weight excluding hydrogens is 208 g/mol. The lowest BCUT2D eigenvalue weighted by molar-refractivity contribution is -0.134. The summed E-state index contributed by atoms with van der Waals surface area (Å²) in [5.74, 6) is -0.356. The summed E-state index contributed by atoms with van der Waals surface area (Å²) in [6, 6.07) is -0.209. The minimum absolute atomic E-state index is 0.165. The molecule has 0 radical (unpaired) electrons. The normalized spacial score (nSPS) is 30.5. The van der Waals surface area contributed by atoms with Gasteiger partial charge in [0, 0.05) is 13.0 Å². The van der Waals surface area contributed by atoms with Gasteiger partial charge in [0.1, 0.15) is 0 Å². The van der Waals surface area contributed by atoms with E-state index in [1.165, 1.54) is 0 Å². The van der Waals surface area contributed by atoms with Crippen molar-refractivity contribution in [2.75, 3.05) is 13.2 Å². The van der Waals surface area contributed by atoms with Gasteiger partial charge in [0.05, 0.1) is 12.1 Å². The molecule has 2 heterocycles. The number of ether oxygens (including phenoxy) is 1. The first-order valence-corrected chi connectivity index (χ1v) is 5.94. The van der Waals surface area contributed by atoms with Gasteiger partial charge >= 0.3 is 0 Å². The van der Waals surface area contributed by atoms with Gasteiger partial charge in [-0.1, -0.05) is 0 Å². The fourth-order valence-electron chi connectivity index (χ4n) is 2.18. The summed E-state index contributed by atoms with van der Waals surface area (Å²) in [7, 11) is 0. The van der Waals surface area contributed by atoms with E-state index in [0.29, 0.717) is 18.9 Å². The van der Waals surface area contributed by atoms with Crippen molar-refractivity contribution >= 4 is 11.8 Å². The molecule has 2 N–H and O–H groups in total. The largest absolute Gasteiger partial charge is 0.378 e. The smallest absolute Gasteiger partial charge is 0.243 e. The molecule has 2 aliphatic heterocycles. The van der Waals surface area contributed by atoms with Crippen LogP contribution in [0.1, 0.15) is 32.1 Å². The molecule has 2 fully saturated rings. The second kappa shape index (κ2) is 5.41. The molecule has 0 bridgehead atoms. The maximum atomic E-state index is 11.4. The quantitative estimate of drug-likeness (QED) is 0.660. The monoisotopic (exact) mass is 226 g/mol. The molecule has 90 valence electrons. The van der Waals surface area contributed by atoms with Crippen LogP contribution in [0, 0.1) is 0 Å². The van der Waals surface area contributed by atoms with Gasteiger partial charge in [0.25, 0.3) is 0 Å². The van der Waals surface area contributed by atoms with Gasteiger partial charge in [-0.05, 0) is 32.2 Å². The van der Waals surface area contributed by atoms with E-state index in [9.17, 15) is 9.59 Å². The molecule has 2 rings (SSSR count). The summed E-state index contributed by atoms with van der Waals surface area (Å²) in [5, 5.41) is 5.51. The molecule has 5 nitrogen and oxygen atoms in total. The molecule has 16 heavy (non-hydrogen) atoms. The van der Waals surface area contributed by atoms with Crippen molar-refractivity contribution in [2.24, 2.45) is 0 Å². The van der Waals surface area contributed by atoms with Crippen LogP contribution in [-0.4, -0.2) is 37.1 Å². The van der Waals surface area contributed by atoms with Crippen molar-refractivity contribution < 1.29 is 14.3 Å². The fraction of sp³-hybridized carbons (Fsp3) is 0.818. The Morgan fingerprint density at radius 1 is 1.38 bits per heavy atom. The highest BCUT2D eigenvalue weighted by Crippen LogP contribution is 2.14. The highest BCUT2D eigenvalue weighted by Gasteiger charge is 2.26. The van der Waals surface area contributed by atoms with Crippen molar-refractivity contribution in [3.63, 3.8) is 0 Å². The second-order valence-corrected chi connectivity index (χ2v) is 4.38. The first kappa shape index (κ1) is 11.5. The number of piperidine rings is 1. The Morgan fingerprint density at radius 2 is 2.25 bits per heavy atom. The third-order valence-electron chi connectivity index (χ3n) is 3.12. The number of imide groups is 1. The van der Waals surface area contributed by atoms with Gasteiger partial charge in [0.15, 0.2) is 0 Å². The van der Waals surface area contributed by atoms with Crippen LogP contribution in [0.2, 0.25) is 0 Å². The first-order valence-electron chi connectivity index (χ1n) is 5.94. The van der Waals surface area contributed by atoms with Crippen LogP contribution in [0.25, 0.3) is 0 Å². The van der Waals surface area contributed by atoms with Crippen LogP contribution in [0.15, 0.2) is 0 Å². The van der Waals surface area contributed by atoms with Crippen molar-refractivity contribution in [3.05, 3.63) is 0 Å². The summed E-state index contributed by atoms with van der Waals surface area (Å²) < 4.78 is 5.49. The highest BCUT2D eigenvalue weighted by molar-refractivity contribution is 6.00. The molecule has 2 atom stereocenters. The number of hydrogen-bond donors (Lipinski definition) is 2. The molecule has 0 aromatic rings. The number of nitrogens with one attached hydrogen (secondary N) is 2. The Bertz CT molecular complexity index is 274. The van der Waals surface area contributed by atoms with Crippen molar-refractivity contribution in [1.29, 1.82) is 0 Å². The molecule has 0 spiro atoms. The van der Waals surface area contributed by atoms with Gasteiger partial charge < -0.3 is 10.1 Å². The molecule has 2 aliphatic rings. The summed E-state index contributed by atoms with van der Waals surface area (Å²) in [6.45, 7) is 1.64. The maximum absolute atomic E-state index is 11.4. The molecule has 2 unspecified atom stereocenters. The van der Waals surface area contributed by atoms with Gasteiger partial charge in [-0.15, -0.1) is 0 Å². The average Bonchev–Trinajstić information content (AvgIpc) is 2.74. The molecule has 0 aromatic heterocycles. The van der Waals surface area contributed by atoms with Crippen molar-refractivity contribution in [3.8, 4) is 0 Å². The molecule has 2 saturated heterocycles. The SMILES string of the molecule is O=C1CCC(NCCC2CCCO2)C(=O)N1. The van der Waals surface area contributed by atoms with E-state index in [1.807, 2.05) is 0 Å². The zero-order chi connectivity index (χ0) is 11.4. The summed E-state index contributed by atoms with van der Waals surface area (Å²) >= 11 is 0. The van der Waals surface area contributed by atoms with Crippen molar-refractivity contribution in [1.82, 2.24) is 10.6 Å². The Kier molecular flexibility index (Phi) is 3.90. The van der Waals surface area contributed by atoms with E-state index in [2.05, 4.69) is 10.6 Å². The van der Waals surface area contributed by atoms with Crippen molar-refractivity contribution in [2.45, 2.75) is 44.2 Å². The molecule has 5 heteroatoms. The molecular formula is C11H18N2O3. The number of carbonyl (C=O) groups is 2. The van der Waals surface area contributed by atoms with Gasteiger partial charge in [-0.2, -0.15) is 0 Å². The Morgan fingerprint density at radius 3 is 2.94 bits per heavy atom. The molecule has 0 aromatic carbocycles. The highest BCUT2D eigenvalue weighted by atomic mass is 16.5. The predicted octanol–water partition coefficient (Wildman–Crippen LogP) is -0.0497. The van der Waals surface area contributed by atoms with Crippen LogP contribution in [-0.2, 0) is 14.3 Å². The zero-order valence-corrected chi connectivity index (χ0v) is 9.33. The Balaban J connectivity index is 1.65. The van der Waals surface area contributed by atoms with Crippen LogP contribution < -0.4 is 10.6 Å². The Labute approximate surface area is 94.9 Å². The fourth-order valence-corrected chi connectivity index (χ4v) is 2.18. The standard InChI is InChI=1S/C11H18N2O3/c14-10-4-3-9(11(15)13-10)12-6-5-8-2-1-7-16-8/h8-9,12H,1-7H2,(H,13,14,15). The third-order valence-corrected chi connectivity index (χ3v) is 3.12. The van der Waals surface area contributed by atoms with E-state index in [0.717, 1.165) is 32.4 Å². The van der Waals surface area contributed by atoms with E-state index in [4.69, 9.17) is 4.74 Å². The van der Waals surface area contributed by atoms with Gasteiger partial charge in [-0.25, -0.2) is 0 Å². The number of hydrogen-bond acceptors (Lipinski definition) is 4. The number of carbonyl (C=O) groups excluding carboxylic acids is 2. The lowest BCUT2D eigenvalue weighted by Gasteiger charge is -2.22. The van der Waals surface area contributed by atoms with Crippen LogP contribution in [0.3, 0.4) is 0 Å². The predicted molar refractivity (Wildman–Crippen MR) is 57.8 cm³/mol.